The van der Waals surface area contributed by atoms with Crippen LogP contribution in [-0.2, 0) is 6.54 Å². The van der Waals surface area contributed by atoms with Gasteiger partial charge in [-0.3, -0.25) is 4.99 Å². The Bertz CT molecular complexity index is 587. The lowest BCUT2D eigenvalue weighted by atomic mass is 10.2. The Hall–Kier alpha value is -1.35. The van der Waals surface area contributed by atoms with Gasteiger partial charge in [0.25, 0.3) is 0 Å². The van der Waals surface area contributed by atoms with Crippen LogP contribution in [0.4, 0.5) is 5.82 Å². The molecule has 0 radical (unpaired) electrons. The molecule has 1 aliphatic carbocycles. The van der Waals surface area contributed by atoms with E-state index < -0.39 is 0 Å². The van der Waals surface area contributed by atoms with Gasteiger partial charge in [-0.1, -0.05) is 12.2 Å². The Morgan fingerprint density at radius 2 is 1.96 bits per heavy atom. The van der Waals surface area contributed by atoms with Crippen molar-refractivity contribution < 1.29 is 0 Å². The number of hydrogen-bond acceptors (Lipinski definition) is 4. The van der Waals surface area contributed by atoms with Crippen molar-refractivity contribution in [3.05, 3.63) is 36.0 Å². The van der Waals surface area contributed by atoms with Crippen LogP contribution in [0.15, 0.2) is 35.5 Å². The monoisotopic (exact) mass is 456 g/mol. The molecule has 2 N–H and O–H groups in total. The lowest BCUT2D eigenvalue weighted by Gasteiger charge is -2.33. The summed E-state index contributed by atoms with van der Waals surface area (Å²) in [7, 11) is 3.99. The van der Waals surface area contributed by atoms with Crippen LogP contribution in [0, 0.1) is 0 Å². The predicted octanol–water partition coefficient (Wildman–Crippen LogP) is 1.83. The highest BCUT2D eigenvalue weighted by atomic mass is 127. The van der Waals surface area contributed by atoms with Crippen molar-refractivity contribution in [2.45, 2.75) is 25.4 Å². The van der Waals surface area contributed by atoms with Gasteiger partial charge in [0.05, 0.1) is 0 Å². The van der Waals surface area contributed by atoms with E-state index in [9.17, 15) is 0 Å². The Balaban J connectivity index is 0.00000225. The van der Waals surface area contributed by atoms with E-state index in [-0.39, 0.29) is 24.0 Å². The van der Waals surface area contributed by atoms with Gasteiger partial charge < -0.3 is 20.4 Å². The third-order valence-corrected chi connectivity index (χ3v) is 4.67. The smallest absolute Gasteiger partial charge is 0.191 e. The van der Waals surface area contributed by atoms with Crippen LogP contribution in [0.1, 0.15) is 18.4 Å². The number of likely N-dealkylation sites (N-methyl/N-ethyl adjacent to an activating group) is 1. The van der Waals surface area contributed by atoms with Crippen LogP contribution in [0.3, 0.4) is 0 Å². The number of piperazine rings is 1. The first-order chi connectivity index (χ1) is 11.7. The molecule has 25 heavy (non-hydrogen) atoms. The number of aliphatic imine (C=N–C) groups is 1. The van der Waals surface area contributed by atoms with Gasteiger partial charge in [0.15, 0.2) is 5.96 Å². The van der Waals surface area contributed by atoms with E-state index in [4.69, 9.17) is 0 Å². The Kier molecular flexibility index (Phi) is 7.95. The molecule has 1 aromatic rings. The normalized spacial score (nSPS) is 19.0. The number of aromatic nitrogens is 1. The molecule has 0 saturated carbocycles. The Labute approximate surface area is 167 Å². The molecule has 2 heterocycles. The average molecular weight is 456 g/mol. The highest BCUT2D eigenvalue weighted by molar-refractivity contribution is 14.0. The lowest BCUT2D eigenvalue weighted by Crippen LogP contribution is -2.45. The summed E-state index contributed by atoms with van der Waals surface area (Å²) in [5, 5.41) is 6.87. The fourth-order valence-corrected chi connectivity index (χ4v) is 3.09. The van der Waals surface area contributed by atoms with Crippen LogP contribution in [0.2, 0.25) is 0 Å². The van der Waals surface area contributed by atoms with Gasteiger partial charge in [-0.2, -0.15) is 0 Å². The van der Waals surface area contributed by atoms with E-state index in [0.717, 1.165) is 57.3 Å². The molecule has 6 nitrogen and oxygen atoms in total. The van der Waals surface area contributed by atoms with Gasteiger partial charge in [0.2, 0.25) is 0 Å². The van der Waals surface area contributed by atoms with Crippen LogP contribution in [0.5, 0.6) is 0 Å². The van der Waals surface area contributed by atoms with Crippen molar-refractivity contribution >= 4 is 35.8 Å². The van der Waals surface area contributed by atoms with E-state index >= 15 is 0 Å². The maximum absolute atomic E-state index is 4.54. The standard InChI is InChI=1S/C18H28N6.HI/c1-19-18(22-16-5-3-4-6-16)21-14-15-7-8-20-17(13-15)24-11-9-23(2)10-12-24;/h3-4,7-8,13,16H,5-6,9-12,14H2,1-2H3,(H2,19,21,22);1H. The highest BCUT2D eigenvalue weighted by Gasteiger charge is 2.15. The zero-order valence-electron chi connectivity index (χ0n) is 15.1. The summed E-state index contributed by atoms with van der Waals surface area (Å²) in [5.41, 5.74) is 1.23. The number of nitrogens with zero attached hydrogens (tertiary/aromatic N) is 4. The van der Waals surface area contributed by atoms with Crippen LogP contribution < -0.4 is 15.5 Å². The molecule has 1 fully saturated rings. The van der Waals surface area contributed by atoms with Crippen LogP contribution in [0.25, 0.3) is 0 Å². The topological polar surface area (TPSA) is 55.8 Å². The van der Waals surface area contributed by atoms with Crippen molar-refractivity contribution in [2.24, 2.45) is 4.99 Å². The van der Waals surface area contributed by atoms with E-state index in [0.29, 0.717) is 6.04 Å². The van der Waals surface area contributed by atoms with Gasteiger partial charge in [-0.15, -0.1) is 24.0 Å². The first-order valence-electron chi connectivity index (χ1n) is 8.75. The van der Waals surface area contributed by atoms with Gasteiger partial charge in [-0.05, 0) is 37.6 Å². The molecule has 1 aromatic heterocycles. The maximum Gasteiger partial charge on any atom is 0.191 e. The molecule has 138 valence electrons. The number of rotatable bonds is 4. The molecular formula is C18H29IN6. The number of hydrogen-bond donors (Lipinski definition) is 2. The fraction of sp³-hybridized carbons (Fsp3) is 0.556. The third kappa shape index (κ3) is 5.85. The Morgan fingerprint density at radius 3 is 2.64 bits per heavy atom. The number of nitrogens with one attached hydrogen (secondary N) is 2. The second-order valence-electron chi connectivity index (χ2n) is 6.52. The van der Waals surface area contributed by atoms with E-state index in [1.807, 2.05) is 13.2 Å². The Morgan fingerprint density at radius 1 is 1.24 bits per heavy atom. The maximum atomic E-state index is 4.54. The first kappa shape index (κ1) is 20.0. The van der Waals surface area contributed by atoms with E-state index in [1.165, 1.54) is 5.56 Å². The van der Waals surface area contributed by atoms with Gasteiger partial charge in [0.1, 0.15) is 5.82 Å². The zero-order valence-corrected chi connectivity index (χ0v) is 17.4. The minimum absolute atomic E-state index is 0. The molecule has 2 aliphatic rings. The molecule has 0 bridgehead atoms. The third-order valence-electron chi connectivity index (χ3n) is 4.67. The zero-order chi connectivity index (χ0) is 16.8. The summed E-state index contributed by atoms with van der Waals surface area (Å²) in [4.78, 5) is 13.6. The molecule has 0 aromatic carbocycles. The molecule has 1 saturated heterocycles. The number of anilines is 1. The van der Waals surface area contributed by atoms with Gasteiger partial charge in [0, 0.05) is 52.0 Å². The molecule has 0 atom stereocenters. The number of pyridine rings is 1. The second-order valence-corrected chi connectivity index (χ2v) is 6.52. The van der Waals surface area contributed by atoms with Gasteiger partial charge in [-0.25, -0.2) is 4.98 Å². The fourth-order valence-electron chi connectivity index (χ4n) is 3.09. The second kappa shape index (κ2) is 9.96. The summed E-state index contributed by atoms with van der Waals surface area (Å²) in [6, 6.07) is 4.72. The van der Waals surface area contributed by atoms with E-state index in [2.05, 4.69) is 61.7 Å². The molecule has 0 unspecified atom stereocenters. The highest BCUT2D eigenvalue weighted by Crippen LogP contribution is 2.15. The summed E-state index contributed by atoms with van der Waals surface area (Å²) in [6.45, 7) is 5.02. The van der Waals surface area contributed by atoms with Gasteiger partial charge >= 0.3 is 0 Å². The molecular weight excluding hydrogens is 427 g/mol. The largest absolute Gasteiger partial charge is 0.354 e. The van der Waals surface area contributed by atoms with Crippen molar-refractivity contribution in [1.82, 2.24) is 20.5 Å². The van der Waals surface area contributed by atoms with Crippen molar-refractivity contribution in [1.29, 1.82) is 0 Å². The van der Waals surface area contributed by atoms with E-state index in [1.54, 1.807) is 0 Å². The van der Waals surface area contributed by atoms with Crippen molar-refractivity contribution in [2.75, 3.05) is 45.2 Å². The van der Waals surface area contributed by atoms with Crippen LogP contribution >= 0.6 is 24.0 Å². The summed E-state index contributed by atoms with van der Waals surface area (Å²) >= 11 is 0. The molecule has 0 spiro atoms. The van der Waals surface area contributed by atoms with Crippen LogP contribution in [-0.4, -0.2) is 62.2 Å². The molecule has 7 heteroatoms. The number of halogens is 1. The minimum Gasteiger partial charge on any atom is -0.354 e. The molecule has 1 aliphatic heterocycles. The lowest BCUT2D eigenvalue weighted by molar-refractivity contribution is 0.312. The average Bonchev–Trinajstić information content (AvgIpc) is 3.12. The quantitative estimate of drug-likeness (QED) is 0.314. The summed E-state index contributed by atoms with van der Waals surface area (Å²) in [5.74, 6) is 1.94. The van der Waals surface area contributed by atoms with Crippen molar-refractivity contribution in [3.63, 3.8) is 0 Å². The molecule has 3 rings (SSSR count). The summed E-state index contributed by atoms with van der Waals surface area (Å²) < 4.78 is 0. The number of guanidine groups is 1. The summed E-state index contributed by atoms with van der Waals surface area (Å²) in [6.07, 6.45) is 8.49. The molecule has 0 amide bonds. The SMILES string of the molecule is CN=C(NCc1ccnc(N2CCN(C)CC2)c1)NC1CC=CC1.I. The van der Waals surface area contributed by atoms with Crippen molar-refractivity contribution in [3.8, 4) is 0 Å². The first-order valence-corrected chi connectivity index (χ1v) is 8.75. The minimum atomic E-state index is 0. The predicted molar refractivity (Wildman–Crippen MR) is 115 cm³/mol.